The number of fused-ring (bicyclic) bond motifs is 3. The number of aromatic nitrogens is 1. The minimum absolute atomic E-state index is 0.0458. The van der Waals surface area contributed by atoms with E-state index in [0.717, 1.165) is 29.6 Å². The van der Waals surface area contributed by atoms with Crippen LogP contribution in [0.3, 0.4) is 0 Å². The standard InChI is InChI=1S/C12H14N2O2/c15-6-9-11-8(4-5-13-9)7-2-1-3-10(16)12(7)14-11/h1-3,9,13-16H,4-6H2. The lowest BCUT2D eigenvalue weighted by atomic mass is 10.00. The Morgan fingerprint density at radius 3 is 3.06 bits per heavy atom. The van der Waals surface area contributed by atoms with Crippen LogP contribution in [0.1, 0.15) is 17.3 Å². The van der Waals surface area contributed by atoms with Gasteiger partial charge in [0.05, 0.1) is 18.2 Å². The summed E-state index contributed by atoms with van der Waals surface area (Å²) in [6.45, 7) is 0.932. The van der Waals surface area contributed by atoms with Crippen molar-refractivity contribution in [3.8, 4) is 5.75 Å². The highest BCUT2D eigenvalue weighted by molar-refractivity contribution is 5.89. The maximum absolute atomic E-state index is 9.77. The first-order valence-electron chi connectivity index (χ1n) is 5.48. The summed E-state index contributed by atoms with van der Waals surface area (Å²) >= 11 is 0. The number of hydrogen-bond acceptors (Lipinski definition) is 3. The number of para-hydroxylation sites is 1. The molecule has 1 aliphatic rings. The fraction of sp³-hybridized carbons (Fsp3) is 0.333. The summed E-state index contributed by atoms with van der Waals surface area (Å²) < 4.78 is 0. The third-order valence-corrected chi connectivity index (χ3v) is 3.25. The zero-order valence-corrected chi connectivity index (χ0v) is 8.83. The summed E-state index contributed by atoms with van der Waals surface area (Å²) in [5, 5.41) is 23.4. The van der Waals surface area contributed by atoms with E-state index in [1.807, 2.05) is 12.1 Å². The molecular formula is C12H14N2O2. The third-order valence-electron chi connectivity index (χ3n) is 3.25. The zero-order chi connectivity index (χ0) is 11.1. The molecule has 1 aromatic heterocycles. The summed E-state index contributed by atoms with van der Waals surface area (Å²) in [5.74, 6) is 0.267. The Balaban J connectivity index is 2.28. The van der Waals surface area contributed by atoms with Crippen molar-refractivity contribution in [2.75, 3.05) is 13.2 Å². The predicted molar refractivity (Wildman–Crippen MR) is 61.5 cm³/mol. The molecule has 1 aromatic carbocycles. The van der Waals surface area contributed by atoms with Crippen molar-refractivity contribution in [1.29, 1.82) is 0 Å². The van der Waals surface area contributed by atoms with Crippen molar-refractivity contribution in [2.24, 2.45) is 0 Å². The van der Waals surface area contributed by atoms with E-state index < -0.39 is 0 Å². The monoisotopic (exact) mass is 218 g/mol. The number of aromatic amines is 1. The van der Waals surface area contributed by atoms with E-state index in [4.69, 9.17) is 0 Å². The van der Waals surface area contributed by atoms with Gasteiger partial charge in [0.15, 0.2) is 0 Å². The number of benzene rings is 1. The molecule has 1 unspecified atom stereocenters. The minimum Gasteiger partial charge on any atom is -0.506 e. The lowest BCUT2D eigenvalue weighted by Crippen LogP contribution is -2.31. The number of phenolic OH excluding ortho intramolecular Hbond substituents is 1. The highest BCUT2D eigenvalue weighted by Crippen LogP contribution is 2.33. The van der Waals surface area contributed by atoms with Gasteiger partial charge in [0, 0.05) is 11.1 Å². The Kier molecular flexibility index (Phi) is 2.12. The number of phenols is 1. The summed E-state index contributed by atoms with van der Waals surface area (Å²) in [4.78, 5) is 3.21. The van der Waals surface area contributed by atoms with Gasteiger partial charge in [0.25, 0.3) is 0 Å². The van der Waals surface area contributed by atoms with Crippen molar-refractivity contribution in [1.82, 2.24) is 10.3 Å². The van der Waals surface area contributed by atoms with Crippen molar-refractivity contribution in [3.63, 3.8) is 0 Å². The van der Waals surface area contributed by atoms with E-state index in [1.165, 1.54) is 5.56 Å². The average molecular weight is 218 g/mol. The second kappa shape index (κ2) is 3.50. The maximum atomic E-state index is 9.77. The van der Waals surface area contributed by atoms with Crippen LogP contribution in [0.15, 0.2) is 18.2 Å². The van der Waals surface area contributed by atoms with E-state index in [-0.39, 0.29) is 18.4 Å². The molecule has 1 atom stereocenters. The Morgan fingerprint density at radius 1 is 1.38 bits per heavy atom. The highest BCUT2D eigenvalue weighted by atomic mass is 16.3. The summed E-state index contributed by atoms with van der Waals surface area (Å²) in [6.07, 6.45) is 0.926. The van der Waals surface area contributed by atoms with Crippen molar-refractivity contribution < 1.29 is 10.2 Å². The molecule has 4 nitrogen and oxygen atoms in total. The number of aliphatic hydroxyl groups is 1. The molecule has 0 aliphatic carbocycles. The molecule has 2 heterocycles. The van der Waals surface area contributed by atoms with Crippen LogP contribution in [-0.2, 0) is 6.42 Å². The quantitative estimate of drug-likeness (QED) is 0.578. The molecule has 0 saturated carbocycles. The van der Waals surface area contributed by atoms with Crippen LogP contribution in [0.2, 0.25) is 0 Å². The van der Waals surface area contributed by atoms with Gasteiger partial charge in [-0.25, -0.2) is 0 Å². The van der Waals surface area contributed by atoms with E-state index in [2.05, 4.69) is 10.3 Å². The first-order valence-corrected chi connectivity index (χ1v) is 5.48. The van der Waals surface area contributed by atoms with Crippen LogP contribution in [0.5, 0.6) is 5.75 Å². The van der Waals surface area contributed by atoms with Gasteiger partial charge in [-0.15, -0.1) is 0 Å². The van der Waals surface area contributed by atoms with Gasteiger partial charge in [-0.2, -0.15) is 0 Å². The molecule has 0 amide bonds. The molecule has 2 aromatic rings. The van der Waals surface area contributed by atoms with Crippen LogP contribution in [-0.4, -0.2) is 28.3 Å². The van der Waals surface area contributed by atoms with Crippen LogP contribution < -0.4 is 5.32 Å². The van der Waals surface area contributed by atoms with Crippen LogP contribution in [0.4, 0.5) is 0 Å². The highest BCUT2D eigenvalue weighted by Gasteiger charge is 2.23. The largest absolute Gasteiger partial charge is 0.506 e. The topological polar surface area (TPSA) is 68.3 Å². The van der Waals surface area contributed by atoms with Gasteiger partial charge >= 0.3 is 0 Å². The normalized spacial score (nSPS) is 19.9. The van der Waals surface area contributed by atoms with E-state index >= 15 is 0 Å². The number of nitrogens with one attached hydrogen (secondary N) is 2. The molecule has 0 radical (unpaired) electrons. The SMILES string of the molecule is OCC1NCCc2c1[nH]c1c(O)cccc21. The van der Waals surface area contributed by atoms with Crippen molar-refractivity contribution in [3.05, 3.63) is 29.5 Å². The smallest absolute Gasteiger partial charge is 0.139 e. The number of aliphatic hydroxyl groups excluding tert-OH is 1. The fourth-order valence-electron chi connectivity index (χ4n) is 2.47. The fourth-order valence-corrected chi connectivity index (χ4v) is 2.47. The number of hydrogen-bond donors (Lipinski definition) is 4. The van der Waals surface area contributed by atoms with Gasteiger partial charge in [-0.1, -0.05) is 12.1 Å². The molecule has 84 valence electrons. The molecule has 4 N–H and O–H groups in total. The maximum Gasteiger partial charge on any atom is 0.139 e. The second-order valence-electron chi connectivity index (χ2n) is 4.16. The number of aromatic hydroxyl groups is 1. The van der Waals surface area contributed by atoms with Crippen molar-refractivity contribution in [2.45, 2.75) is 12.5 Å². The van der Waals surface area contributed by atoms with E-state index in [9.17, 15) is 10.2 Å². The first kappa shape index (κ1) is 9.69. The lowest BCUT2D eigenvalue weighted by molar-refractivity contribution is 0.238. The van der Waals surface area contributed by atoms with Gasteiger partial charge in [0.1, 0.15) is 5.75 Å². The summed E-state index contributed by atoms with van der Waals surface area (Å²) in [5.41, 5.74) is 2.99. The van der Waals surface area contributed by atoms with Gasteiger partial charge in [-0.05, 0) is 24.6 Å². The predicted octanol–water partition coefficient (Wildman–Crippen LogP) is 1.05. The third kappa shape index (κ3) is 1.24. The number of H-pyrrole nitrogens is 1. The Bertz CT molecular complexity index is 533. The molecular weight excluding hydrogens is 204 g/mol. The van der Waals surface area contributed by atoms with Crippen LogP contribution >= 0.6 is 0 Å². The molecule has 0 spiro atoms. The average Bonchev–Trinajstić information content (AvgIpc) is 2.69. The minimum atomic E-state index is -0.0458. The lowest BCUT2D eigenvalue weighted by Gasteiger charge is -2.22. The molecule has 0 fully saturated rings. The van der Waals surface area contributed by atoms with Gasteiger partial charge in [0.2, 0.25) is 0 Å². The zero-order valence-electron chi connectivity index (χ0n) is 8.83. The molecule has 0 saturated heterocycles. The molecule has 1 aliphatic heterocycles. The Labute approximate surface area is 92.9 Å². The molecule has 16 heavy (non-hydrogen) atoms. The molecule has 0 bridgehead atoms. The van der Waals surface area contributed by atoms with Crippen LogP contribution in [0, 0.1) is 0 Å². The Morgan fingerprint density at radius 2 is 2.25 bits per heavy atom. The second-order valence-corrected chi connectivity index (χ2v) is 4.16. The summed E-state index contributed by atoms with van der Waals surface area (Å²) in [7, 11) is 0. The van der Waals surface area contributed by atoms with Crippen molar-refractivity contribution >= 4 is 10.9 Å². The van der Waals surface area contributed by atoms with Gasteiger partial charge < -0.3 is 20.5 Å². The summed E-state index contributed by atoms with van der Waals surface area (Å²) in [6, 6.07) is 5.48. The van der Waals surface area contributed by atoms with Gasteiger partial charge in [-0.3, -0.25) is 0 Å². The Hall–Kier alpha value is -1.52. The first-order chi connectivity index (χ1) is 7.81. The van der Waals surface area contributed by atoms with E-state index in [1.54, 1.807) is 6.07 Å². The van der Waals surface area contributed by atoms with Crippen LogP contribution in [0.25, 0.3) is 10.9 Å². The molecule has 3 rings (SSSR count). The number of rotatable bonds is 1. The molecule has 4 heteroatoms. The van der Waals surface area contributed by atoms with E-state index in [0.29, 0.717) is 0 Å².